The molecule has 1 aromatic carbocycles. The second-order valence-corrected chi connectivity index (χ2v) is 7.40. The number of carbonyl (C=O) groups excluding carboxylic acids is 1. The van der Waals surface area contributed by atoms with E-state index in [4.69, 9.17) is 9.47 Å². The smallest absolute Gasteiger partial charge is 0.410 e. The van der Waals surface area contributed by atoms with Crippen molar-refractivity contribution in [2.75, 3.05) is 39.3 Å². The average molecular weight is 386 g/mol. The van der Waals surface area contributed by atoms with Gasteiger partial charge in [-0.25, -0.2) is 9.48 Å². The van der Waals surface area contributed by atoms with E-state index in [9.17, 15) is 4.79 Å². The summed E-state index contributed by atoms with van der Waals surface area (Å²) < 4.78 is 13.3. The molecule has 1 amide bonds. The number of likely N-dealkylation sites (tertiary alicyclic amines) is 1. The van der Waals surface area contributed by atoms with E-state index in [1.807, 2.05) is 30.3 Å². The lowest BCUT2D eigenvalue weighted by Gasteiger charge is -2.37. The highest BCUT2D eigenvalue weighted by atomic mass is 16.6. The van der Waals surface area contributed by atoms with Crippen LogP contribution in [0.2, 0.25) is 0 Å². The molecule has 1 aromatic heterocycles. The van der Waals surface area contributed by atoms with Gasteiger partial charge in [0.05, 0.1) is 13.1 Å². The predicted molar refractivity (Wildman–Crippen MR) is 101 cm³/mol. The van der Waals surface area contributed by atoms with Crippen LogP contribution in [-0.4, -0.2) is 81.0 Å². The zero-order chi connectivity index (χ0) is 19.2. The zero-order valence-corrected chi connectivity index (χ0v) is 15.9. The summed E-state index contributed by atoms with van der Waals surface area (Å²) in [6, 6.07) is 9.65. The van der Waals surface area contributed by atoms with E-state index < -0.39 is 0 Å². The number of aryl methyl sites for hydroxylation is 1. The third-order valence-corrected chi connectivity index (χ3v) is 5.43. The van der Waals surface area contributed by atoms with E-state index in [-0.39, 0.29) is 11.7 Å². The molecule has 0 saturated carbocycles. The molecular weight excluding hydrogens is 360 g/mol. The number of carbonyl (C=O) groups is 1. The zero-order valence-electron chi connectivity index (χ0n) is 15.9. The van der Waals surface area contributed by atoms with E-state index in [2.05, 4.69) is 20.4 Å². The van der Waals surface area contributed by atoms with E-state index in [0.29, 0.717) is 19.7 Å². The Bertz CT molecular complexity index is 746. The van der Waals surface area contributed by atoms with Crippen molar-refractivity contribution in [2.24, 2.45) is 0 Å². The summed E-state index contributed by atoms with van der Waals surface area (Å²) in [5.74, 6) is 0.819. The molecule has 9 nitrogen and oxygen atoms in total. The third-order valence-electron chi connectivity index (χ3n) is 5.43. The molecule has 0 radical (unpaired) electrons. The van der Waals surface area contributed by atoms with Gasteiger partial charge in [-0.15, -0.1) is 5.10 Å². The number of hydrogen-bond donors (Lipinski definition) is 0. The molecule has 0 atom stereocenters. The van der Waals surface area contributed by atoms with Gasteiger partial charge >= 0.3 is 6.09 Å². The lowest BCUT2D eigenvalue weighted by atomic mass is 9.91. The van der Waals surface area contributed by atoms with Crippen LogP contribution < -0.4 is 4.74 Å². The van der Waals surface area contributed by atoms with Crippen LogP contribution in [0.15, 0.2) is 36.7 Å². The standard InChI is InChI=1S/C19H26N6O3/c26-18-24(13-14-27-17-5-2-1-3-6-17)15-19(28-18)7-11-23(12-8-19)9-4-10-25-16-20-21-22-25/h1-3,5-6,16H,4,7-15H2. The molecule has 2 fully saturated rings. The summed E-state index contributed by atoms with van der Waals surface area (Å²) >= 11 is 0. The number of ether oxygens (including phenoxy) is 2. The predicted octanol–water partition coefficient (Wildman–Crippen LogP) is 1.43. The maximum Gasteiger partial charge on any atom is 0.410 e. The number of rotatable bonds is 8. The Balaban J connectivity index is 1.18. The maximum absolute atomic E-state index is 12.3. The van der Waals surface area contributed by atoms with Crippen LogP contribution in [0, 0.1) is 0 Å². The monoisotopic (exact) mass is 386 g/mol. The molecule has 4 rings (SSSR count). The minimum absolute atomic E-state index is 0.219. The maximum atomic E-state index is 12.3. The van der Waals surface area contributed by atoms with Gasteiger partial charge in [-0.1, -0.05) is 18.2 Å². The first-order valence-corrected chi connectivity index (χ1v) is 9.81. The van der Waals surface area contributed by atoms with Crippen molar-refractivity contribution >= 4 is 6.09 Å². The van der Waals surface area contributed by atoms with Crippen molar-refractivity contribution in [2.45, 2.75) is 31.4 Å². The molecule has 1 spiro atoms. The molecule has 0 unspecified atom stereocenters. The summed E-state index contributed by atoms with van der Waals surface area (Å²) in [4.78, 5) is 16.5. The molecule has 150 valence electrons. The van der Waals surface area contributed by atoms with Crippen LogP contribution in [0.1, 0.15) is 19.3 Å². The van der Waals surface area contributed by atoms with Gasteiger partial charge in [0, 0.05) is 32.5 Å². The Morgan fingerprint density at radius 1 is 1.11 bits per heavy atom. The van der Waals surface area contributed by atoms with E-state index in [0.717, 1.165) is 51.2 Å². The number of tetrazole rings is 1. The van der Waals surface area contributed by atoms with Gasteiger partial charge < -0.3 is 19.3 Å². The van der Waals surface area contributed by atoms with E-state index in [1.165, 1.54) is 0 Å². The number of piperidine rings is 1. The number of nitrogens with zero attached hydrogens (tertiary/aromatic N) is 6. The van der Waals surface area contributed by atoms with Crippen LogP contribution in [0.5, 0.6) is 5.75 Å². The minimum atomic E-state index is -0.337. The van der Waals surface area contributed by atoms with Gasteiger partial charge in [0.2, 0.25) is 0 Å². The SMILES string of the molecule is O=C1OC2(CCN(CCCn3cnnn3)CC2)CN1CCOc1ccccc1. The minimum Gasteiger partial charge on any atom is -0.492 e. The fraction of sp³-hybridized carbons (Fsp3) is 0.579. The summed E-state index contributed by atoms with van der Waals surface area (Å²) in [7, 11) is 0. The van der Waals surface area contributed by atoms with Crippen molar-refractivity contribution in [3.05, 3.63) is 36.7 Å². The molecule has 28 heavy (non-hydrogen) atoms. The van der Waals surface area contributed by atoms with Crippen LogP contribution in [-0.2, 0) is 11.3 Å². The van der Waals surface area contributed by atoms with Crippen LogP contribution in [0.4, 0.5) is 4.79 Å². The lowest BCUT2D eigenvalue weighted by molar-refractivity contribution is 0.000264. The molecule has 0 N–H and O–H groups in total. The normalized spacial score (nSPS) is 19.1. The summed E-state index contributed by atoms with van der Waals surface area (Å²) in [5.41, 5.74) is -0.337. The van der Waals surface area contributed by atoms with Gasteiger partial charge in [0.1, 0.15) is 24.3 Å². The first kappa shape index (κ1) is 18.7. The summed E-state index contributed by atoms with van der Waals surface area (Å²) in [6.45, 7) is 5.37. The van der Waals surface area contributed by atoms with Crippen LogP contribution in [0.3, 0.4) is 0 Å². The lowest BCUT2D eigenvalue weighted by Crippen LogP contribution is -2.47. The second kappa shape index (κ2) is 8.55. The quantitative estimate of drug-likeness (QED) is 0.678. The topological polar surface area (TPSA) is 85.6 Å². The molecule has 2 aliphatic rings. The van der Waals surface area contributed by atoms with Crippen LogP contribution in [0.25, 0.3) is 0 Å². The number of amides is 1. The van der Waals surface area contributed by atoms with Crippen molar-refractivity contribution in [3.8, 4) is 5.75 Å². The molecule has 2 aliphatic heterocycles. The molecule has 2 aromatic rings. The Labute approximate surface area is 164 Å². The van der Waals surface area contributed by atoms with E-state index in [1.54, 1.807) is 15.9 Å². The highest BCUT2D eigenvalue weighted by molar-refractivity contribution is 5.70. The highest BCUT2D eigenvalue weighted by Gasteiger charge is 2.46. The number of benzene rings is 1. The Kier molecular flexibility index (Phi) is 5.70. The van der Waals surface area contributed by atoms with Crippen molar-refractivity contribution in [1.82, 2.24) is 30.0 Å². The van der Waals surface area contributed by atoms with Crippen molar-refractivity contribution in [1.29, 1.82) is 0 Å². The molecule has 0 aliphatic carbocycles. The highest BCUT2D eigenvalue weighted by Crippen LogP contribution is 2.33. The fourth-order valence-electron chi connectivity index (χ4n) is 3.84. The molecular formula is C19H26N6O3. The molecule has 2 saturated heterocycles. The van der Waals surface area contributed by atoms with Gasteiger partial charge in [-0.3, -0.25) is 0 Å². The Hall–Kier alpha value is -2.68. The Morgan fingerprint density at radius 2 is 1.93 bits per heavy atom. The third kappa shape index (κ3) is 4.59. The van der Waals surface area contributed by atoms with Crippen molar-refractivity contribution < 1.29 is 14.3 Å². The number of aromatic nitrogens is 4. The summed E-state index contributed by atoms with van der Waals surface area (Å²) in [5, 5.41) is 11.2. The summed E-state index contributed by atoms with van der Waals surface area (Å²) in [6.07, 6.45) is 4.17. The Morgan fingerprint density at radius 3 is 2.68 bits per heavy atom. The number of para-hydroxylation sites is 1. The second-order valence-electron chi connectivity index (χ2n) is 7.40. The molecule has 3 heterocycles. The molecule has 9 heteroatoms. The van der Waals surface area contributed by atoms with Gasteiger partial charge in [0.25, 0.3) is 0 Å². The van der Waals surface area contributed by atoms with Gasteiger partial charge in [-0.05, 0) is 35.5 Å². The molecule has 0 bridgehead atoms. The average Bonchev–Trinajstić information content (AvgIpc) is 3.33. The van der Waals surface area contributed by atoms with Gasteiger partial charge in [0.15, 0.2) is 0 Å². The van der Waals surface area contributed by atoms with Crippen molar-refractivity contribution in [3.63, 3.8) is 0 Å². The number of hydrogen-bond acceptors (Lipinski definition) is 7. The largest absolute Gasteiger partial charge is 0.492 e. The van der Waals surface area contributed by atoms with E-state index >= 15 is 0 Å². The first-order chi connectivity index (χ1) is 13.7. The van der Waals surface area contributed by atoms with Gasteiger partial charge in [-0.2, -0.15) is 0 Å². The van der Waals surface area contributed by atoms with Crippen LogP contribution >= 0.6 is 0 Å². The fourth-order valence-corrected chi connectivity index (χ4v) is 3.84. The first-order valence-electron chi connectivity index (χ1n) is 9.81.